The molecule has 3 rings (SSSR count). The third kappa shape index (κ3) is 2.17. The Bertz CT molecular complexity index is 772. The summed E-state index contributed by atoms with van der Waals surface area (Å²) >= 11 is 5.94. The Labute approximate surface area is 120 Å². The third-order valence-electron chi connectivity index (χ3n) is 3.88. The van der Waals surface area contributed by atoms with Gasteiger partial charge in [-0.3, -0.25) is 13.9 Å². The Morgan fingerprint density at radius 3 is 2.90 bits per heavy atom. The van der Waals surface area contributed by atoms with Gasteiger partial charge in [0.15, 0.2) is 0 Å². The fraction of sp³-hybridized carbons (Fsp3) is 0.429. The molecule has 1 aromatic heterocycles. The van der Waals surface area contributed by atoms with Crippen molar-refractivity contribution in [2.45, 2.75) is 25.4 Å². The maximum absolute atomic E-state index is 12.5. The predicted octanol–water partition coefficient (Wildman–Crippen LogP) is 1.11. The monoisotopic (exact) mass is 293 g/mol. The van der Waals surface area contributed by atoms with E-state index >= 15 is 0 Å². The number of nitrogens with zero attached hydrogens (tertiary/aromatic N) is 2. The molecule has 106 valence electrons. The van der Waals surface area contributed by atoms with E-state index in [0.29, 0.717) is 22.5 Å². The van der Waals surface area contributed by atoms with Gasteiger partial charge in [-0.2, -0.15) is 0 Å². The number of hydrogen-bond donors (Lipinski definition) is 1. The molecule has 5 nitrogen and oxygen atoms in total. The fourth-order valence-electron chi connectivity index (χ4n) is 2.77. The summed E-state index contributed by atoms with van der Waals surface area (Å²) < 4.78 is 2.80. The van der Waals surface area contributed by atoms with Crippen LogP contribution in [0.2, 0.25) is 5.02 Å². The van der Waals surface area contributed by atoms with Crippen LogP contribution >= 0.6 is 11.6 Å². The number of hydrogen-bond acceptors (Lipinski definition) is 3. The largest absolute Gasteiger partial charge is 0.331 e. The first kappa shape index (κ1) is 13.4. The molecule has 1 unspecified atom stereocenters. The molecule has 1 aromatic carbocycles. The second-order valence-electron chi connectivity index (χ2n) is 5.21. The van der Waals surface area contributed by atoms with Gasteiger partial charge in [0.2, 0.25) is 0 Å². The first-order chi connectivity index (χ1) is 9.58. The number of rotatable bonds is 2. The molecule has 0 aliphatic carbocycles. The lowest BCUT2D eigenvalue weighted by atomic mass is 10.2. The van der Waals surface area contributed by atoms with E-state index in [1.54, 1.807) is 25.2 Å². The average molecular weight is 294 g/mol. The maximum atomic E-state index is 12.5. The molecule has 20 heavy (non-hydrogen) atoms. The van der Waals surface area contributed by atoms with E-state index in [2.05, 4.69) is 5.32 Å². The Balaban J connectivity index is 2.20. The number of aryl methyl sites for hydroxylation is 1. The molecule has 1 N–H and O–H groups in total. The molecule has 1 aliphatic rings. The minimum atomic E-state index is -0.293. The Kier molecular flexibility index (Phi) is 3.40. The zero-order valence-corrected chi connectivity index (χ0v) is 12.0. The van der Waals surface area contributed by atoms with Crippen molar-refractivity contribution in [2.24, 2.45) is 7.05 Å². The molecule has 0 radical (unpaired) electrons. The molecule has 0 amide bonds. The maximum Gasteiger partial charge on any atom is 0.331 e. The summed E-state index contributed by atoms with van der Waals surface area (Å²) in [5, 5.41) is 4.35. The highest BCUT2D eigenvalue weighted by molar-refractivity contribution is 6.31. The summed E-state index contributed by atoms with van der Waals surface area (Å²) in [5.74, 6) is 0. The summed E-state index contributed by atoms with van der Waals surface area (Å²) in [6.07, 6.45) is 2.08. The van der Waals surface area contributed by atoms with Gasteiger partial charge in [-0.1, -0.05) is 11.6 Å². The zero-order valence-electron chi connectivity index (χ0n) is 11.2. The van der Waals surface area contributed by atoms with Crippen LogP contribution in [0.1, 0.15) is 12.8 Å². The summed E-state index contributed by atoms with van der Waals surface area (Å²) in [7, 11) is 1.67. The zero-order chi connectivity index (χ0) is 14.3. The highest BCUT2D eigenvalue weighted by atomic mass is 35.5. The van der Waals surface area contributed by atoms with Gasteiger partial charge < -0.3 is 5.32 Å². The topological polar surface area (TPSA) is 56.0 Å². The Morgan fingerprint density at radius 2 is 2.20 bits per heavy atom. The Morgan fingerprint density at radius 1 is 1.40 bits per heavy atom. The highest BCUT2D eigenvalue weighted by Gasteiger charge is 2.18. The lowest BCUT2D eigenvalue weighted by molar-refractivity contribution is 0.478. The van der Waals surface area contributed by atoms with Crippen LogP contribution in [0.5, 0.6) is 0 Å². The van der Waals surface area contributed by atoms with Gasteiger partial charge in [-0.25, -0.2) is 4.79 Å². The van der Waals surface area contributed by atoms with Crippen molar-refractivity contribution < 1.29 is 0 Å². The van der Waals surface area contributed by atoms with E-state index in [9.17, 15) is 9.59 Å². The molecular formula is C14H16ClN3O2. The normalized spacial score (nSPS) is 18.8. The van der Waals surface area contributed by atoms with Crippen molar-refractivity contribution in [3.05, 3.63) is 44.1 Å². The fourth-order valence-corrected chi connectivity index (χ4v) is 2.94. The molecule has 1 saturated heterocycles. The molecule has 6 heteroatoms. The first-order valence-electron chi connectivity index (χ1n) is 6.70. The molecule has 0 spiro atoms. The molecule has 2 heterocycles. The summed E-state index contributed by atoms with van der Waals surface area (Å²) in [6.45, 7) is 1.37. The van der Waals surface area contributed by atoms with E-state index < -0.39 is 0 Å². The van der Waals surface area contributed by atoms with E-state index in [-0.39, 0.29) is 17.3 Å². The minimum absolute atomic E-state index is 0.199. The van der Waals surface area contributed by atoms with Crippen molar-refractivity contribution in [1.82, 2.24) is 14.5 Å². The summed E-state index contributed by atoms with van der Waals surface area (Å²) in [5.41, 5.74) is 0.0371. The van der Waals surface area contributed by atoms with E-state index in [1.807, 2.05) is 0 Å². The van der Waals surface area contributed by atoms with Crippen LogP contribution in [0, 0.1) is 0 Å². The van der Waals surface area contributed by atoms with Crippen molar-refractivity contribution >= 4 is 22.5 Å². The van der Waals surface area contributed by atoms with Crippen LogP contribution < -0.4 is 16.6 Å². The van der Waals surface area contributed by atoms with Gasteiger partial charge in [0.05, 0.1) is 10.9 Å². The molecule has 1 atom stereocenters. The van der Waals surface area contributed by atoms with Gasteiger partial charge in [0.25, 0.3) is 5.56 Å². The quantitative estimate of drug-likeness (QED) is 0.902. The van der Waals surface area contributed by atoms with Crippen LogP contribution in [-0.2, 0) is 13.6 Å². The summed E-state index contributed by atoms with van der Waals surface area (Å²) in [4.78, 5) is 24.8. The number of fused-ring (bicyclic) bond motifs is 1. The number of aromatic nitrogens is 2. The van der Waals surface area contributed by atoms with Crippen LogP contribution in [0.25, 0.3) is 10.9 Å². The second-order valence-corrected chi connectivity index (χ2v) is 5.65. The molecule has 0 bridgehead atoms. The third-order valence-corrected chi connectivity index (χ3v) is 4.11. The highest BCUT2D eigenvalue weighted by Crippen LogP contribution is 2.15. The molecule has 1 fully saturated rings. The minimum Gasteiger partial charge on any atom is -0.312 e. The standard InChI is InChI=1S/C14H16ClN3O2/c1-17-12-7-9(15)4-5-11(12)13(19)18(14(17)20)8-10-3-2-6-16-10/h4-5,7,10,16H,2-3,6,8H2,1H3. The Hall–Kier alpha value is -1.59. The van der Waals surface area contributed by atoms with Gasteiger partial charge >= 0.3 is 5.69 Å². The molecular weight excluding hydrogens is 278 g/mol. The second kappa shape index (κ2) is 5.07. The number of benzene rings is 1. The number of halogens is 1. The predicted molar refractivity (Wildman–Crippen MR) is 79.5 cm³/mol. The van der Waals surface area contributed by atoms with Crippen molar-refractivity contribution in [2.75, 3.05) is 6.54 Å². The van der Waals surface area contributed by atoms with Gasteiger partial charge in [0.1, 0.15) is 0 Å². The van der Waals surface area contributed by atoms with Crippen molar-refractivity contribution in [1.29, 1.82) is 0 Å². The van der Waals surface area contributed by atoms with Crippen molar-refractivity contribution in [3.8, 4) is 0 Å². The van der Waals surface area contributed by atoms with Crippen LogP contribution in [0.15, 0.2) is 27.8 Å². The van der Waals surface area contributed by atoms with E-state index in [4.69, 9.17) is 11.6 Å². The van der Waals surface area contributed by atoms with Crippen LogP contribution in [0.3, 0.4) is 0 Å². The van der Waals surface area contributed by atoms with Crippen LogP contribution in [0.4, 0.5) is 0 Å². The lowest BCUT2D eigenvalue weighted by Gasteiger charge is -2.14. The molecule has 2 aromatic rings. The smallest absolute Gasteiger partial charge is 0.312 e. The number of nitrogens with one attached hydrogen (secondary N) is 1. The molecule has 0 saturated carbocycles. The average Bonchev–Trinajstić information content (AvgIpc) is 2.94. The van der Waals surface area contributed by atoms with Crippen molar-refractivity contribution in [3.63, 3.8) is 0 Å². The van der Waals surface area contributed by atoms with E-state index in [1.165, 1.54) is 9.13 Å². The van der Waals surface area contributed by atoms with Gasteiger partial charge in [-0.05, 0) is 37.6 Å². The van der Waals surface area contributed by atoms with Crippen LogP contribution in [-0.4, -0.2) is 21.7 Å². The van der Waals surface area contributed by atoms with E-state index in [0.717, 1.165) is 19.4 Å². The SMILES string of the molecule is Cn1c(=O)n(CC2CCCN2)c(=O)c2ccc(Cl)cc21. The summed E-state index contributed by atoms with van der Waals surface area (Å²) in [6, 6.07) is 5.20. The lowest BCUT2D eigenvalue weighted by Crippen LogP contribution is -2.43. The molecule has 1 aliphatic heterocycles. The van der Waals surface area contributed by atoms with Gasteiger partial charge in [-0.15, -0.1) is 0 Å². The van der Waals surface area contributed by atoms with Gasteiger partial charge in [0, 0.05) is 24.7 Å². The first-order valence-corrected chi connectivity index (χ1v) is 7.08.